The Morgan fingerprint density at radius 3 is 2.67 bits per heavy atom. The highest BCUT2D eigenvalue weighted by molar-refractivity contribution is 6.08. The van der Waals surface area contributed by atoms with Crippen molar-refractivity contribution in [2.24, 2.45) is 39.8 Å². The van der Waals surface area contributed by atoms with Gasteiger partial charge in [0.15, 0.2) is 11.5 Å². The molecule has 4 aliphatic carbocycles. The van der Waals surface area contributed by atoms with E-state index >= 15 is 0 Å². The lowest BCUT2D eigenvalue weighted by atomic mass is 9.71. The molecule has 8 N–H and O–H groups in total. The number of ether oxygens (including phenoxy) is 2. The first-order chi connectivity index (χ1) is 30.6. The molecule has 2 bridgehead atoms. The van der Waals surface area contributed by atoms with E-state index in [4.69, 9.17) is 20.2 Å². The Balaban J connectivity index is 0.907. The molecule has 0 amide bonds. The van der Waals surface area contributed by atoms with Gasteiger partial charge in [0, 0.05) is 49.4 Å². The fraction of sp³-hybridized carbons (Fsp3) is 0.500. The average molecular weight is 850 g/mol. The molecular formula is C52H57N4O7+. The summed E-state index contributed by atoms with van der Waals surface area (Å²) in [6, 6.07) is 7.27. The topological polar surface area (TPSA) is 171 Å². The van der Waals surface area contributed by atoms with Gasteiger partial charge in [0.05, 0.1) is 29.4 Å². The number of quaternary nitrogens is 1. The fourth-order valence-electron chi connectivity index (χ4n) is 12.5. The van der Waals surface area contributed by atoms with Crippen LogP contribution in [0.1, 0.15) is 123 Å². The van der Waals surface area contributed by atoms with E-state index < -0.39 is 41.8 Å². The van der Waals surface area contributed by atoms with E-state index in [9.17, 15) is 25.2 Å². The number of aliphatic imine (C=N–C) groups is 1. The Kier molecular flexibility index (Phi) is 10.5. The zero-order chi connectivity index (χ0) is 43.0. The van der Waals surface area contributed by atoms with Crippen LogP contribution in [0, 0.1) is 53.0 Å². The molecule has 11 rings (SSSR count). The number of aliphatic hydroxyl groups excluding tert-OH is 3. The molecule has 0 radical (unpaired) electrons. The van der Waals surface area contributed by atoms with Gasteiger partial charge in [-0.1, -0.05) is 79.9 Å². The highest BCUT2D eigenvalue weighted by atomic mass is 16.5. The number of fused-ring (bicyclic) bond motifs is 6. The van der Waals surface area contributed by atoms with Crippen molar-refractivity contribution >= 4 is 11.5 Å². The van der Waals surface area contributed by atoms with Crippen molar-refractivity contribution in [1.82, 2.24) is 5.32 Å². The van der Waals surface area contributed by atoms with Gasteiger partial charge in [-0.3, -0.25) is 20.0 Å². The molecule has 5 aliphatic heterocycles. The minimum Gasteiger partial charge on any atom is -0.508 e. The van der Waals surface area contributed by atoms with E-state index in [2.05, 4.69) is 53.6 Å². The number of nitrogens with zero attached hydrogens (tertiary/aromatic N) is 1. The predicted octanol–water partition coefficient (Wildman–Crippen LogP) is 4.79. The number of Topliss-reactive ketones (excluding diaryl/α,β-unsaturated/α-hetero) is 1. The molecule has 5 heterocycles. The van der Waals surface area contributed by atoms with E-state index in [1.165, 1.54) is 37.3 Å². The number of carbonyl (C=O) groups excluding carboxylic acids is 1. The van der Waals surface area contributed by atoms with E-state index in [0.29, 0.717) is 42.7 Å². The molecule has 11 atom stereocenters. The van der Waals surface area contributed by atoms with Gasteiger partial charge in [0.1, 0.15) is 48.1 Å². The lowest BCUT2D eigenvalue weighted by molar-refractivity contribution is -0.888. The van der Waals surface area contributed by atoms with Crippen LogP contribution in [0.5, 0.6) is 17.2 Å². The molecule has 1 spiro atoms. The number of phenolic OH excluding ortho intramolecular Hbond substituents is 1. The number of ketones is 1. The summed E-state index contributed by atoms with van der Waals surface area (Å²) < 4.78 is 13.3. The lowest BCUT2D eigenvalue weighted by Crippen LogP contribution is -3.13. The molecule has 2 aromatic carbocycles. The maximum Gasteiger partial charge on any atom is 0.252 e. The second kappa shape index (κ2) is 16.2. The number of hydrogen-bond acceptors (Lipinski definition) is 10. The molecular weight excluding hydrogens is 793 g/mol. The van der Waals surface area contributed by atoms with E-state index in [0.717, 1.165) is 64.1 Å². The summed E-state index contributed by atoms with van der Waals surface area (Å²) in [7, 11) is 0. The Morgan fingerprint density at radius 1 is 1.02 bits per heavy atom. The first kappa shape index (κ1) is 40.8. The number of carbonyl (C=O) groups is 1. The summed E-state index contributed by atoms with van der Waals surface area (Å²) in [5.74, 6) is 10.8. The van der Waals surface area contributed by atoms with Crippen LogP contribution < -0.4 is 25.4 Å². The summed E-state index contributed by atoms with van der Waals surface area (Å²) in [4.78, 5) is 19.4. The van der Waals surface area contributed by atoms with Gasteiger partial charge in [-0.15, -0.1) is 0 Å². The third kappa shape index (κ3) is 7.18. The number of allylic oxidation sites excluding steroid dienone is 3. The largest absolute Gasteiger partial charge is 0.508 e. The molecule has 11 heteroatoms. The maximum absolute atomic E-state index is 13.4. The van der Waals surface area contributed by atoms with Crippen molar-refractivity contribution < 1.29 is 39.6 Å². The van der Waals surface area contributed by atoms with Crippen LogP contribution in [0.4, 0.5) is 0 Å². The molecule has 2 aromatic rings. The number of phenols is 1. The minimum absolute atomic E-state index is 0.0428. The van der Waals surface area contributed by atoms with Crippen molar-refractivity contribution in [2.75, 3.05) is 13.1 Å². The summed E-state index contributed by atoms with van der Waals surface area (Å²) in [5, 5.41) is 49.1. The van der Waals surface area contributed by atoms with Crippen molar-refractivity contribution in [3.05, 3.63) is 99.9 Å². The number of aryl methyl sites for hydroxylation is 1. The molecule has 2 saturated carbocycles. The molecule has 63 heavy (non-hydrogen) atoms. The van der Waals surface area contributed by atoms with Crippen molar-refractivity contribution in [1.29, 1.82) is 0 Å². The van der Waals surface area contributed by atoms with Crippen LogP contribution in [0.15, 0.2) is 77.1 Å². The quantitative estimate of drug-likeness (QED) is 0.153. The van der Waals surface area contributed by atoms with Crippen molar-refractivity contribution in [3.8, 4) is 41.1 Å². The normalized spacial score (nSPS) is 33.4. The Labute approximate surface area is 368 Å². The Bertz CT molecular complexity index is 2500. The lowest BCUT2D eigenvalue weighted by Gasteiger charge is -2.38. The van der Waals surface area contributed by atoms with Crippen LogP contribution in [0.25, 0.3) is 0 Å². The summed E-state index contributed by atoms with van der Waals surface area (Å²) in [5.41, 5.74) is 13.7. The second-order valence-corrected chi connectivity index (χ2v) is 19.5. The number of nitrogens with one attached hydrogen (secondary N) is 2. The fourth-order valence-corrected chi connectivity index (χ4v) is 12.5. The van der Waals surface area contributed by atoms with Gasteiger partial charge in [-0.25, -0.2) is 0 Å². The highest BCUT2D eigenvalue weighted by Crippen LogP contribution is 2.50. The van der Waals surface area contributed by atoms with Crippen LogP contribution in [0.3, 0.4) is 0 Å². The van der Waals surface area contributed by atoms with Crippen LogP contribution in [-0.2, 0) is 11.2 Å². The van der Waals surface area contributed by atoms with Crippen molar-refractivity contribution in [3.63, 3.8) is 0 Å². The maximum atomic E-state index is 13.4. The zero-order valence-electron chi connectivity index (χ0n) is 35.6. The van der Waals surface area contributed by atoms with E-state index in [1.807, 2.05) is 24.4 Å². The smallest absolute Gasteiger partial charge is 0.252 e. The first-order valence-corrected chi connectivity index (χ1v) is 23.3. The second-order valence-electron chi connectivity index (χ2n) is 19.5. The molecule has 1 unspecified atom stereocenters. The van der Waals surface area contributed by atoms with Crippen LogP contribution >= 0.6 is 0 Å². The summed E-state index contributed by atoms with van der Waals surface area (Å²) in [6.45, 7) is 1.27. The molecule has 0 aromatic heterocycles. The third-order valence-electron chi connectivity index (χ3n) is 15.9. The van der Waals surface area contributed by atoms with Crippen LogP contribution in [-0.4, -0.2) is 63.4 Å². The third-order valence-corrected chi connectivity index (χ3v) is 15.9. The molecule has 326 valence electrons. The predicted molar refractivity (Wildman–Crippen MR) is 236 cm³/mol. The van der Waals surface area contributed by atoms with Gasteiger partial charge in [-0.2, -0.15) is 0 Å². The van der Waals surface area contributed by atoms with Crippen LogP contribution in [0.2, 0.25) is 0 Å². The first-order valence-electron chi connectivity index (χ1n) is 23.3. The molecule has 2 fully saturated rings. The van der Waals surface area contributed by atoms with Crippen molar-refractivity contribution in [2.45, 2.75) is 120 Å². The Morgan fingerprint density at radius 2 is 1.84 bits per heavy atom. The van der Waals surface area contributed by atoms with Gasteiger partial charge >= 0.3 is 0 Å². The van der Waals surface area contributed by atoms with Gasteiger partial charge < -0.3 is 35.6 Å². The number of hydrogen-bond donors (Lipinski definition) is 7. The van der Waals surface area contributed by atoms with Gasteiger partial charge in [-0.05, 0) is 89.8 Å². The molecule has 11 nitrogen and oxygen atoms in total. The van der Waals surface area contributed by atoms with Gasteiger partial charge in [0.25, 0.3) is 6.23 Å². The zero-order valence-corrected chi connectivity index (χ0v) is 35.6. The summed E-state index contributed by atoms with van der Waals surface area (Å²) >= 11 is 0. The minimum atomic E-state index is -1.08. The van der Waals surface area contributed by atoms with E-state index in [1.54, 1.807) is 6.07 Å². The SMILES string of the molecule is N[C@@H]1NC[C@@H]2C=C[C@@H]3C4=CN=C5C[NH+](C=C45)[C@@H]4Oc5cc(CCC(=O)C[C@H](O)[C@H]6C=C[C@H](C7CCCC7)C[C@H]6O)c(O)cc5OC#CC5(CCCC5)[C@H]4C#C[C@@H](O)c4ccc1c2c43. The number of aromatic hydroxyl groups is 1. The standard InChI is InChI=1S/C52H56N4O7/c53-50-37-14-13-36-42(58)16-15-40-51(56-27-39-38(26-54-41(39)28-56)34-11-9-32(25-55-50)48(37)49(34)36)63-47-22-31(43(59)24-46(47)62-20-19-52(40)17-3-4-18-52)7-10-33(57)23-45(61)35-12-8-30(21-44(35)60)29-5-1-2-6-29/h8-9,11-14,22,24,26-27,29-30,32,34-35,40,42,44-45,50-51,55,58-61H,1-7,10,17-18,21,23,25,28,53H2/p+1/t30-,32-,34+,35-,40-,42+,44+,45-,50+,51+/m0/s1. The number of benzene rings is 2. The number of aliphatic hydroxyl groups is 3. The summed E-state index contributed by atoms with van der Waals surface area (Å²) in [6.07, 6.45) is 21.3. The molecule has 0 saturated heterocycles. The Hall–Kier alpha value is -4.98. The van der Waals surface area contributed by atoms with Gasteiger partial charge in [0.2, 0.25) is 0 Å². The number of nitrogens with two attached hydrogens (primary N) is 1. The average Bonchev–Trinajstić information content (AvgIpc) is 4.11. The van der Waals surface area contributed by atoms with E-state index in [-0.39, 0.29) is 54.5 Å². The highest BCUT2D eigenvalue weighted by Gasteiger charge is 2.52. The monoisotopic (exact) mass is 849 g/mol. The number of rotatable bonds is 7. The molecule has 9 aliphatic rings.